The van der Waals surface area contributed by atoms with Gasteiger partial charge in [-0.05, 0) is 42.8 Å². The monoisotopic (exact) mass is 342 g/mol. The van der Waals surface area contributed by atoms with Crippen molar-refractivity contribution in [3.8, 4) is 17.2 Å². The molecule has 132 valence electrons. The second-order valence-corrected chi connectivity index (χ2v) is 5.41. The minimum absolute atomic E-state index is 0.257. The lowest BCUT2D eigenvalue weighted by molar-refractivity contribution is -0.132. The summed E-state index contributed by atoms with van der Waals surface area (Å²) in [5.41, 5.74) is 1.00. The fourth-order valence-corrected chi connectivity index (χ4v) is 2.16. The minimum Gasteiger partial charge on any atom is -0.493 e. The Labute approximate surface area is 147 Å². The van der Waals surface area contributed by atoms with Gasteiger partial charge in [-0.3, -0.25) is 0 Å². The SMILES string of the molecule is COc1ccc(/C=C(\C)C(=O)O)cc1OCCCOc1ccccc1. The molecular formula is C20H22O5. The van der Waals surface area contributed by atoms with E-state index in [0.717, 1.165) is 11.3 Å². The van der Waals surface area contributed by atoms with Crippen LogP contribution in [-0.4, -0.2) is 31.4 Å². The van der Waals surface area contributed by atoms with Gasteiger partial charge in [-0.25, -0.2) is 4.79 Å². The molecule has 5 nitrogen and oxygen atoms in total. The maximum absolute atomic E-state index is 10.9. The summed E-state index contributed by atoms with van der Waals surface area (Å²) in [4.78, 5) is 10.9. The van der Waals surface area contributed by atoms with Crippen LogP contribution >= 0.6 is 0 Å². The first-order valence-corrected chi connectivity index (χ1v) is 8.00. The average molecular weight is 342 g/mol. The number of ether oxygens (including phenoxy) is 3. The van der Waals surface area contributed by atoms with Crippen LogP contribution in [0.2, 0.25) is 0 Å². The van der Waals surface area contributed by atoms with Gasteiger partial charge >= 0.3 is 5.97 Å². The van der Waals surface area contributed by atoms with E-state index in [9.17, 15) is 4.79 Å². The lowest BCUT2D eigenvalue weighted by atomic mass is 10.1. The van der Waals surface area contributed by atoms with Crippen molar-refractivity contribution < 1.29 is 24.1 Å². The average Bonchev–Trinajstić information content (AvgIpc) is 2.62. The number of carbonyl (C=O) groups is 1. The van der Waals surface area contributed by atoms with Gasteiger partial charge in [0.1, 0.15) is 5.75 Å². The molecule has 0 fully saturated rings. The molecule has 0 saturated carbocycles. The van der Waals surface area contributed by atoms with Gasteiger partial charge in [-0.15, -0.1) is 0 Å². The summed E-state index contributed by atoms with van der Waals surface area (Å²) in [7, 11) is 1.57. The lowest BCUT2D eigenvalue weighted by Crippen LogP contribution is -2.05. The molecule has 0 aliphatic rings. The van der Waals surface area contributed by atoms with E-state index in [1.807, 2.05) is 30.3 Å². The van der Waals surface area contributed by atoms with Gasteiger partial charge in [-0.2, -0.15) is 0 Å². The quantitative estimate of drug-likeness (QED) is 0.550. The Morgan fingerprint density at radius 1 is 1.04 bits per heavy atom. The summed E-state index contributed by atoms with van der Waals surface area (Å²) in [6, 6.07) is 14.9. The molecule has 0 heterocycles. The van der Waals surface area contributed by atoms with Crippen LogP contribution in [-0.2, 0) is 4.79 Å². The van der Waals surface area contributed by atoms with Crippen LogP contribution in [0.25, 0.3) is 6.08 Å². The van der Waals surface area contributed by atoms with Gasteiger partial charge in [0.25, 0.3) is 0 Å². The Morgan fingerprint density at radius 2 is 1.76 bits per heavy atom. The van der Waals surface area contributed by atoms with Crippen LogP contribution < -0.4 is 14.2 Å². The van der Waals surface area contributed by atoms with Gasteiger partial charge in [-0.1, -0.05) is 24.3 Å². The van der Waals surface area contributed by atoms with Crippen LogP contribution in [0.5, 0.6) is 17.2 Å². The minimum atomic E-state index is -0.948. The number of rotatable bonds is 9. The van der Waals surface area contributed by atoms with E-state index in [4.69, 9.17) is 19.3 Å². The largest absolute Gasteiger partial charge is 0.493 e. The van der Waals surface area contributed by atoms with Crippen molar-refractivity contribution in [1.82, 2.24) is 0 Å². The zero-order chi connectivity index (χ0) is 18.1. The molecule has 2 aromatic carbocycles. The van der Waals surface area contributed by atoms with Crippen molar-refractivity contribution in [2.75, 3.05) is 20.3 Å². The molecule has 0 aliphatic heterocycles. The van der Waals surface area contributed by atoms with Gasteiger partial charge < -0.3 is 19.3 Å². The van der Waals surface area contributed by atoms with Gasteiger partial charge in [0.15, 0.2) is 11.5 Å². The molecule has 0 amide bonds. The summed E-state index contributed by atoms with van der Waals surface area (Å²) in [5.74, 6) is 1.07. The molecule has 0 atom stereocenters. The molecule has 0 unspecified atom stereocenters. The number of aliphatic carboxylic acids is 1. The Morgan fingerprint density at radius 3 is 2.44 bits per heavy atom. The number of benzene rings is 2. The van der Waals surface area contributed by atoms with Gasteiger partial charge in [0.05, 0.1) is 20.3 Å². The third kappa shape index (κ3) is 5.88. The zero-order valence-corrected chi connectivity index (χ0v) is 14.4. The normalized spacial score (nSPS) is 11.0. The van der Waals surface area contributed by atoms with Crippen LogP contribution in [0.15, 0.2) is 54.1 Å². The van der Waals surface area contributed by atoms with Crippen molar-refractivity contribution in [2.24, 2.45) is 0 Å². The van der Waals surface area contributed by atoms with Gasteiger partial charge in [0.2, 0.25) is 0 Å². The maximum Gasteiger partial charge on any atom is 0.331 e. The Balaban J connectivity index is 1.91. The number of hydrogen-bond donors (Lipinski definition) is 1. The molecule has 2 rings (SSSR count). The summed E-state index contributed by atoms with van der Waals surface area (Å²) in [6.07, 6.45) is 2.30. The highest BCUT2D eigenvalue weighted by Gasteiger charge is 2.07. The van der Waals surface area contributed by atoms with Crippen molar-refractivity contribution >= 4 is 12.0 Å². The van der Waals surface area contributed by atoms with E-state index < -0.39 is 5.97 Å². The molecule has 0 saturated heterocycles. The molecule has 25 heavy (non-hydrogen) atoms. The molecule has 0 bridgehead atoms. The predicted octanol–water partition coefficient (Wildman–Crippen LogP) is 4.03. The molecule has 0 aliphatic carbocycles. The molecule has 0 radical (unpaired) electrons. The smallest absolute Gasteiger partial charge is 0.331 e. The van der Waals surface area contributed by atoms with E-state index in [0.29, 0.717) is 31.1 Å². The second kappa shape index (κ2) is 9.37. The molecule has 0 spiro atoms. The maximum atomic E-state index is 10.9. The van der Waals surface area contributed by atoms with Crippen molar-refractivity contribution in [2.45, 2.75) is 13.3 Å². The highest BCUT2D eigenvalue weighted by molar-refractivity contribution is 5.91. The Kier molecular flexibility index (Phi) is 6.89. The van der Waals surface area contributed by atoms with Crippen LogP contribution in [0.1, 0.15) is 18.9 Å². The summed E-state index contributed by atoms with van der Waals surface area (Å²) < 4.78 is 16.7. The lowest BCUT2D eigenvalue weighted by Gasteiger charge is -2.12. The second-order valence-electron chi connectivity index (χ2n) is 5.41. The standard InChI is InChI=1S/C20H22O5/c1-15(20(21)22)13-16-9-10-18(23-2)19(14-16)25-12-6-11-24-17-7-4-3-5-8-17/h3-5,7-10,13-14H,6,11-12H2,1-2H3,(H,21,22)/b15-13+. The first kappa shape index (κ1) is 18.4. The highest BCUT2D eigenvalue weighted by atomic mass is 16.5. The van der Waals surface area contributed by atoms with Crippen LogP contribution in [0, 0.1) is 0 Å². The third-order valence-electron chi connectivity index (χ3n) is 3.47. The van der Waals surface area contributed by atoms with E-state index in [1.54, 1.807) is 38.3 Å². The van der Waals surface area contributed by atoms with Crippen molar-refractivity contribution in [3.05, 3.63) is 59.7 Å². The van der Waals surface area contributed by atoms with Gasteiger partial charge in [0, 0.05) is 12.0 Å². The zero-order valence-electron chi connectivity index (χ0n) is 14.4. The number of hydrogen-bond acceptors (Lipinski definition) is 4. The van der Waals surface area contributed by atoms with Crippen LogP contribution in [0.4, 0.5) is 0 Å². The number of carboxylic acids is 1. The first-order valence-electron chi connectivity index (χ1n) is 8.00. The molecule has 0 aromatic heterocycles. The van der Waals surface area contributed by atoms with Crippen molar-refractivity contribution in [1.29, 1.82) is 0 Å². The molecule has 1 N–H and O–H groups in total. The molecular weight excluding hydrogens is 320 g/mol. The van der Waals surface area contributed by atoms with E-state index in [2.05, 4.69) is 0 Å². The fourth-order valence-electron chi connectivity index (χ4n) is 2.16. The number of carboxylic acid groups (broad SMARTS) is 1. The van der Waals surface area contributed by atoms with Crippen LogP contribution in [0.3, 0.4) is 0 Å². The van der Waals surface area contributed by atoms with E-state index in [1.165, 1.54) is 0 Å². The molecule has 2 aromatic rings. The van der Waals surface area contributed by atoms with E-state index >= 15 is 0 Å². The fraction of sp³-hybridized carbons (Fsp3) is 0.250. The summed E-state index contributed by atoms with van der Waals surface area (Å²) in [5, 5.41) is 8.97. The molecule has 5 heteroatoms. The predicted molar refractivity (Wildman–Crippen MR) is 96.3 cm³/mol. The topological polar surface area (TPSA) is 65.0 Å². The summed E-state index contributed by atoms with van der Waals surface area (Å²) >= 11 is 0. The summed E-state index contributed by atoms with van der Waals surface area (Å²) in [6.45, 7) is 2.56. The first-order chi connectivity index (χ1) is 12.1. The van der Waals surface area contributed by atoms with Crippen molar-refractivity contribution in [3.63, 3.8) is 0 Å². The number of para-hydroxylation sites is 1. The highest BCUT2D eigenvalue weighted by Crippen LogP contribution is 2.29. The number of methoxy groups -OCH3 is 1. The Hall–Kier alpha value is -2.95. The van der Waals surface area contributed by atoms with E-state index in [-0.39, 0.29) is 5.57 Å². The Bertz CT molecular complexity index is 722. The third-order valence-corrected chi connectivity index (χ3v) is 3.47.